The number of halogens is 5. The summed E-state index contributed by atoms with van der Waals surface area (Å²) in [4.78, 5) is 10.7. The molecule has 0 fully saturated rings. The summed E-state index contributed by atoms with van der Waals surface area (Å²) in [6.45, 7) is -0.334. The Labute approximate surface area is 155 Å². The molecule has 0 unspecified atom stereocenters. The van der Waals surface area contributed by atoms with Gasteiger partial charge in [-0.15, -0.1) is 0 Å². The standard InChI is InChI=1S/C17H10F5NO4S/c18-12-5-9(6-13(19)15(12)28(23,25)26)14-11(7-27-16(14)24)8-1-3-10(4-2-8)17(20,21)22/h1-6H,7H2,(H2,23,25,26). The first kappa shape index (κ1) is 20.0. The molecule has 0 aliphatic carbocycles. The van der Waals surface area contributed by atoms with E-state index >= 15 is 0 Å². The number of ether oxygens (including phenoxy) is 1. The Morgan fingerprint density at radius 3 is 1.96 bits per heavy atom. The normalized spacial score (nSPS) is 15.1. The van der Waals surface area contributed by atoms with Crippen LogP contribution >= 0.6 is 0 Å². The molecule has 3 rings (SSSR count). The number of rotatable bonds is 3. The molecule has 5 nitrogen and oxygen atoms in total. The number of hydrogen-bond donors (Lipinski definition) is 1. The zero-order valence-electron chi connectivity index (χ0n) is 13.7. The number of cyclic esters (lactones) is 1. The third kappa shape index (κ3) is 3.62. The maximum Gasteiger partial charge on any atom is 0.416 e. The van der Waals surface area contributed by atoms with Gasteiger partial charge in [0.1, 0.15) is 18.2 Å². The Kier molecular flexibility index (Phi) is 4.76. The van der Waals surface area contributed by atoms with Crippen LogP contribution in [0.3, 0.4) is 0 Å². The summed E-state index contributed by atoms with van der Waals surface area (Å²) in [6.07, 6.45) is -4.56. The van der Waals surface area contributed by atoms with Gasteiger partial charge < -0.3 is 4.74 Å². The molecule has 0 bridgehead atoms. The van der Waals surface area contributed by atoms with Gasteiger partial charge in [0.2, 0.25) is 10.0 Å². The molecule has 2 aromatic carbocycles. The Hall–Kier alpha value is -2.79. The lowest BCUT2D eigenvalue weighted by Crippen LogP contribution is -2.16. The van der Waals surface area contributed by atoms with Crippen LogP contribution in [0.5, 0.6) is 0 Å². The molecule has 0 spiro atoms. The average Bonchev–Trinajstić information content (AvgIpc) is 2.93. The highest BCUT2D eigenvalue weighted by molar-refractivity contribution is 7.89. The summed E-state index contributed by atoms with van der Waals surface area (Å²) in [5.74, 6) is -4.00. The first-order valence-electron chi connectivity index (χ1n) is 7.49. The number of carbonyl (C=O) groups excluding carboxylic acids is 1. The molecule has 1 aliphatic rings. The van der Waals surface area contributed by atoms with Crippen LogP contribution in [0.4, 0.5) is 22.0 Å². The molecule has 0 saturated heterocycles. The summed E-state index contributed by atoms with van der Waals surface area (Å²) in [7, 11) is -4.69. The maximum absolute atomic E-state index is 14.1. The lowest BCUT2D eigenvalue weighted by Gasteiger charge is -2.10. The van der Waals surface area contributed by atoms with E-state index in [9.17, 15) is 35.2 Å². The predicted molar refractivity (Wildman–Crippen MR) is 86.9 cm³/mol. The monoisotopic (exact) mass is 419 g/mol. The molecule has 1 aliphatic heterocycles. The summed E-state index contributed by atoms with van der Waals surface area (Å²) >= 11 is 0. The van der Waals surface area contributed by atoms with Gasteiger partial charge in [-0.25, -0.2) is 27.1 Å². The van der Waals surface area contributed by atoms with Crippen molar-refractivity contribution in [3.63, 3.8) is 0 Å². The molecule has 0 saturated carbocycles. The van der Waals surface area contributed by atoms with Crippen LogP contribution in [0.25, 0.3) is 11.1 Å². The molecule has 0 aromatic heterocycles. The van der Waals surface area contributed by atoms with Gasteiger partial charge in [0, 0.05) is 5.57 Å². The van der Waals surface area contributed by atoms with Crippen molar-refractivity contribution >= 4 is 27.1 Å². The molecular weight excluding hydrogens is 409 g/mol. The quantitative estimate of drug-likeness (QED) is 0.612. The van der Waals surface area contributed by atoms with E-state index in [2.05, 4.69) is 0 Å². The molecule has 2 aromatic rings. The van der Waals surface area contributed by atoms with E-state index in [1.807, 2.05) is 0 Å². The fourth-order valence-electron chi connectivity index (χ4n) is 2.76. The molecule has 0 amide bonds. The van der Waals surface area contributed by atoms with Crippen molar-refractivity contribution in [2.24, 2.45) is 5.14 Å². The predicted octanol–water partition coefficient (Wildman–Crippen LogP) is 3.10. The number of primary sulfonamides is 1. The minimum Gasteiger partial charge on any atom is -0.457 e. The molecule has 0 atom stereocenters. The number of alkyl halides is 3. The highest BCUT2D eigenvalue weighted by Crippen LogP contribution is 2.36. The van der Waals surface area contributed by atoms with Crippen LogP contribution in [0.2, 0.25) is 0 Å². The summed E-state index contributed by atoms with van der Waals surface area (Å²) in [6, 6.07) is 4.93. The Balaban J connectivity index is 2.15. The summed E-state index contributed by atoms with van der Waals surface area (Å²) < 4.78 is 93.7. The van der Waals surface area contributed by atoms with Crippen LogP contribution in [-0.2, 0) is 25.7 Å². The first-order valence-corrected chi connectivity index (χ1v) is 9.04. The van der Waals surface area contributed by atoms with E-state index in [0.717, 1.165) is 24.3 Å². The number of hydrogen-bond acceptors (Lipinski definition) is 4. The second-order valence-electron chi connectivity index (χ2n) is 5.82. The van der Waals surface area contributed by atoms with E-state index in [0.29, 0.717) is 12.1 Å². The highest BCUT2D eigenvalue weighted by Gasteiger charge is 2.32. The van der Waals surface area contributed by atoms with Gasteiger partial charge in [-0.3, -0.25) is 0 Å². The summed E-state index contributed by atoms with van der Waals surface area (Å²) in [5, 5.41) is 4.75. The van der Waals surface area contributed by atoms with Crippen LogP contribution in [0.15, 0.2) is 41.3 Å². The van der Waals surface area contributed by atoms with Gasteiger partial charge in [0.05, 0.1) is 11.1 Å². The second-order valence-corrected chi connectivity index (χ2v) is 7.32. The number of benzene rings is 2. The third-order valence-electron chi connectivity index (χ3n) is 3.99. The van der Waals surface area contributed by atoms with Gasteiger partial charge in [0.25, 0.3) is 0 Å². The fraction of sp³-hybridized carbons (Fsp3) is 0.118. The van der Waals surface area contributed by atoms with E-state index < -0.39 is 44.3 Å². The van der Waals surface area contributed by atoms with Crippen LogP contribution in [0, 0.1) is 11.6 Å². The van der Waals surface area contributed by atoms with Crippen molar-refractivity contribution in [1.29, 1.82) is 0 Å². The van der Waals surface area contributed by atoms with Crippen molar-refractivity contribution in [1.82, 2.24) is 0 Å². The van der Waals surface area contributed by atoms with Gasteiger partial charge >= 0.3 is 12.1 Å². The highest BCUT2D eigenvalue weighted by atomic mass is 32.2. The van der Waals surface area contributed by atoms with Crippen LogP contribution < -0.4 is 5.14 Å². The van der Waals surface area contributed by atoms with Crippen molar-refractivity contribution in [3.05, 3.63) is 64.7 Å². The van der Waals surface area contributed by atoms with Crippen LogP contribution in [-0.4, -0.2) is 21.0 Å². The molecule has 11 heteroatoms. The minimum absolute atomic E-state index is 0.0980. The van der Waals surface area contributed by atoms with E-state index in [-0.39, 0.29) is 28.9 Å². The van der Waals surface area contributed by atoms with Crippen molar-refractivity contribution in [2.75, 3.05) is 6.61 Å². The largest absolute Gasteiger partial charge is 0.457 e. The number of sulfonamides is 1. The molecule has 28 heavy (non-hydrogen) atoms. The van der Waals surface area contributed by atoms with Gasteiger partial charge in [0.15, 0.2) is 4.90 Å². The van der Waals surface area contributed by atoms with E-state index in [4.69, 9.17) is 9.88 Å². The van der Waals surface area contributed by atoms with Crippen molar-refractivity contribution in [3.8, 4) is 0 Å². The van der Waals surface area contributed by atoms with Gasteiger partial charge in [-0.2, -0.15) is 13.2 Å². The lowest BCUT2D eigenvalue weighted by atomic mass is 9.96. The average molecular weight is 419 g/mol. The molecule has 148 valence electrons. The minimum atomic E-state index is -4.69. The van der Waals surface area contributed by atoms with E-state index in [1.165, 1.54) is 0 Å². The van der Waals surface area contributed by atoms with Crippen molar-refractivity contribution in [2.45, 2.75) is 11.1 Å². The number of esters is 1. The van der Waals surface area contributed by atoms with Crippen molar-refractivity contribution < 1.29 is 39.9 Å². The Bertz CT molecular complexity index is 1080. The maximum atomic E-state index is 14.1. The SMILES string of the molecule is NS(=O)(=O)c1c(F)cc(C2=C(c3ccc(C(F)(F)F)cc3)COC2=O)cc1F. The van der Waals surface area contributed by atoms with Gasteiger partial charge in [-0.05, 0) is 35.4 Å². The summed E-state index contributed by atoms with van der Waals surface area (Å²) in [5.41, 5.74) is -1.28. The number of nitrogens with two attached hydrogens (primary N) is 1. The smallest absolute Gasteiger partial charge is 0.416 e. The molecule has 0 radical (unpaired) electrons. The van der Waals surface area contributed by atoms with Gasteiger partial charge in [-0.1, -0.05) is 12.1 Å². The Morgan fingerprint density at radius 1 is 0.964 bits per heavy atom. The molecule has 1 heterocycles. The van der Waals surface area contributed by atoms with E-state index in [1.54, 1.807) is 0 Å². The molecule has 2 N–H and O–H groups in total. The zero-order valence-corrected chi connectivity index (χ0v) is 14.5. The fourth-order valence-corrected chi connectivity index (χ4v) is 3.42. The molecular formula is C17H10F5NO4S. The number of carbonyl (C=O) groups is 1. The lowest BCUT2D eigenvalue weighted by molar-refractivity contribution is -0.137. The zero-order chi connectivity index (χ0) is 20.9. The Morgan fingerprint density at radius 2 is 1.50 bits per heavy atom. The topological polar surface area (TPSA) is 86.5 Å². The second kappa shape index (κ2) is 6.67. The first-order chi connectivity index (χ1) is 12.9. The van der Waals surface area contributed by atoms with Crippen LogP contribution in [0.1, 0.15) is 16.7 Å². The third-order valence-corrected chi connectivity index (χ3v) is 4.94.